The maximum absolute atomic E-state index is 14.2. The van der Waals surface area contributed by atoms with Crippen LogP contribution in [0.5, 0.6) is 5.75 Å². The summed E-state index contributed by atoms with van der Waals surface area (Å²) in [4.78, 5) is 24.2. The standard InChI is InChI=1S/C20H14F3NO4S/c1-9-3-5-10(6-4-9)11-8-29-19(14(11)20(26)27)24-18(25)15-12(21)7-13(28-2)16(22)17(15)23/h3-8H,1-2H3,(H,24,25)(H,26,27). The maximum atomic E-state index is 14.2. The number of carbonyl (C=O) groups is 2. The molecule has 0 aliphatic carbocycles. The van der Waals surface area contributed by atoms with Crippen LogP contribution in [0.2, 0.25) is 0 Å². The molecule has 2 N–H and O–H groups in total. The molecule has 0 atom stereocenters. The van der Waals surface area contributed by atoms with Crippen molar-refractivity contribution in [2.45, 2.75) is 6.92 Å². The molecule has 3 aromatic rings. The van der Waals surface area contributed by atoms with Crippen LogP contribution in [-0.2, 0) is 0 Å². The minimum absolute atomic E-state index is 0.131. The van der Waals surface area contributed by atoms with Crippen molar-refractivity contribution >= 4 is 28.2 Å². The van der Waals surface area contributed by atoms with Gasteiger partial charge in [0.05, 0.1) is 7.11 Å². The number of ether oxygens (including phenoxy) is 1. The van der Waals surface area contributed by atoms with Gasteiger partial charge in [-0.15, -0.1) is 11.3 Å². The van der Waals surface area contributed by atoms with Crippen LogP contribution in [0.25, 0.3) is 11.1 Å². The van der Waals surface area contributed by atoms with Gasteiger partial charge in [0.25, 0.3) is 5.91 Å². The van der Waals surface area contributed by atoms with Crippen LogP contribution in [0.1, 0.15) is 26.3 Å². The van der Waals surface area contributed by atoms with E-state index in [0.717, 1.165) is 24.0 Å². The average Bonchev–Trinajstić information content (AvgIpc) is 3.09. The van der Waals surface area contributed by atoms with Crippen LogP contribution in [0.3, 0.4) is 0 Å². The zero-order valence-electron chi connectivity index (χ0n) is 15.2. The van der Waals surface area contributed by atoms with Gasteiger partial charge in [0, 0.05) is 17.0 Å². The number of methoxy groups -OCH3 is 1. The molecule has 9 heteroatoms. The Labute approximate surface area is 167 Å². The number of benzene rings is 2. The molecule has 0 unspecified atom stereocenters. The minimum atomic E-state index is -1.73. The summed E-state index contributed by atoms with van der Waals surface area (Å²) >= 11 is 0.874. The first-order valence-corrected chi connectivity index (χ1v) is 9.07. The van der Waals surface area contributed by atoms with E-state index in [4.69, 9.17) is 0 Å². The summed E-state index contributed by atoms with van der Waals surface area (Å²) in [6.45, 7) is 1.87. The zero-order chi connectivity index (χ0) is 21.3. The van der Waals surface area contributed by atoms with E-state index in [1.54, 1.807) is 24.3 Å². The topological polar surface area (TPSA) is 75.6 Å². The van der Waals surface area contributed by atoms with Crippen LogP contribution >= 0.6 is 11.3 Å². The summed E-state index contributed by atoms with van der Waals surface area (Å²) in [6, 6.07) is 7.56. The van der Waals surface area contributed by atoms with E-state index in [1.807, 2.05) is 6.92 Å². The number of carbonyl (C=O) groups excluding carboxylic acids is 1. The Morgan fingerprint density at radius 2 is 1.72 bits per heavy atom. The zero-order valence-corrected chi connectivity index (χ0v) is 16.0. The van der Waals surface area contributed by atoms with E-state index < -0.39 is 40.6 Å². The number of aryl methyl sites for hydroxylation is 1. The maximum Gasteiger partial charge on any atom is 0.339 e. The molecule has 0 saturated carbocycles. The van der Waals surface area contributed by atoms with Gasteiger partial charge in [-0.3, -0.25) is 4.79 Å². The second-order valence-corrected chi connectivity index (χ2v) is 6.92. The monoisotopic (exact) mass is 421 g/mol. The summed E-state index contributed by atoms with van der Waals surface area (Å²) in [6.07, 6.45) is 0. The molecule has 1 heterocycles. The number of carboxylic acids is 1. The fourth-order valence-corrected chi connectivity index (χ4v) is 3.66. The van der Waals surface area contributed by atoms with Gasteiger partial charge in [-0.25, -0.2) is 13.6 Å². The van der Waals surface area contributed by atoms with Crippen molar-refractivity contribution in [1.29, 1.82) is 0 Å². The number of rotatable bonds is 5. The summed E-state index contributed by atoms with van der Waals surface area (Å²) in [5.74, 6) is -7.94. The first-order valence-electron chi connectivity index (χ1n) is 8.19. The summed E-state index contributed by atoms with van der Waals surface area (Å²) in [5, 5.41) is 13.1. The Hall–Kier alpha value is -3.33. The highest BCUT2D eigenvalue weighted by molar-refractivity contribution is 7.15. The molecular weight excluding hydrogens is 407 g/mol. The van der Waals surface area contributed by atoms with E-state index >= 15 is 0 Å². The van der Waals surface area contributed by atoms with E-state index in [9.17, 15) is 27.9 Å². The Morgan fingerprint density at radius 1 is 1.07 bits per heavy atom. The van der Waals surface area contributed by atoms with Gasteiger partial charge in [-0.05, 0) is 12.5 Å². The van der Waals surface area contributed by atoms with Gasteiger partial charge < -0.3 is 15.2 Å². The number of carboxylic acid groups (broad SMARTS) is 1. The van der Waals surface area contributed by atoms with Gasteiger partial charge in [-0.2, -0.15) is 4.39 Å². The van der Waals surface area contributed by atoms with Gasteiger partial charge in [0.15, 0.2) is 11.6 Å². The lowest BCUT2D eigenvalue weighted by atomic mass is 10.0. The number of amides is 1. The fraction of sp³-hybridized carbons (Fsp3) is 0.100. The molecule has 3 rings (SSSR count). The highest BCUT2D eigenvalue weighted by atomic mass is 32.1. The molecule has 2 aromatic carbocycles. The SMILES string of the molecule is COc1cc(F)c(C(=O)Nc2scc(-c3ccc(C)cc3)c2C(=O)O)c(F)c1F. The highest BCUT2D eigenvalue weighted by Crippen LogP contribution is 2.36. The van der Waals surface area contributed by atoms with Crippen molar-refractivity contribution in [3.63, 3.8) is 0 Å². The van der Waals surface area contributed by atoms with Crippen LogP contribution in [-0.4, -0.2) is 24.1 Å². The Balaban J connectivity index is 2.01. The summed E-state index contributed by atoms with van der Waals surface area (Å²) in [7, 11) is 1.02. The number of hydrogen-bond donors (Lipinski definition) is 2. The molecule has 1 aromatic heterocycles. The summed E-state index contributed by atoms with van der Waals surface area (Å²) < 4.78 is 46.7. The van der Waals surface area contributed by atoms with E-state index in [1.165, 1.54) is 5.38 Å². The third-order valence-electron chi connectivity index (χ3n) is 4.17. The first kappa shape index (κ1) is 20.4. The van der Waals surface area contributed by atoms with Gasteiger partial charge in [0.2, 0.25) is 5.82 Å². The van der Waals surface area contributed by atoms with Crippen LogP contribution in [0.15, 0.2) is 35.7 Å². The van der Waals surface area contributed by atoms with Crippen molar-refractivity contribution in [3.8, 4) is 16.9 Å². The Kier molecular flexibility index (Phi) is 5.60. The van der Waals surface area contributed by atoms with Crippen molar-refractivity contribution in [2.24, 2.45) is 0 Å². The second-order valence-electron chi connectivity index (χ2n) is 6.04. The van der Waals surface area contributed by atoms with Gasteiger partial charge in [-0.1, -0.05) is 29.8 Å². The first-order chi connectivity index (χ1) is 13.7. The van der Waals surface area contributed by atoms with Crippen molar-refractivity contribution in [2.75, 3.05) is 12.4 Å². The van der Waals surface area contributed by atoms with Crippen molar-refractivity contribution < 1.29 is 32.6 Å². The predicted molar refractivity (Wildman–Crippen MR) is 102 cm³/mol. The van der Waals surface area contributed by atoms with Crippen molar-refractivity contribution in [3.05, 3.63) is 69.9 Å². The van der Waals surface area contributed by atoms with Gasteiger partial charge in [0.1, 0.15) is 21.9 Å². The molecule has 5 nitrogen and oxygen atoms in total. The molecule has 0 saturated heterocycles. The molecule has 0 bridgehead atoms. The average molecular weight is 421 g/mol. The molecule has 0 radical (unpaired) electrons. The Morgan fingerprint density at radius 3 is 2.31 bits per heavy atom. The van der Waals surface area contributed by atoms with E-state index in [-0.39, 0.29) is 10.6 Å². The number of thiophene rings is 1. The molecular formula is C20H14F3NO4S. The summed E-state index contributed by atoms with van der Waals surface area (Å²) in [5.41, 5.74) is 0.492. The molecule has 29 heavy (non-hydrogen) atoms. The number of halogens is 3. The molecule has 0 aliphatic rings. The predicted octanol–water partition coefficient (Wildman–Crippen LogP) is 5.10. The lowest BCUT2D eigenvalue weighted by Crippen LogP contribution is -2.18. The number of nitrogens with one attached hydrogen (secondary N) is 1. The lowest BCUT2D eigenvalue weighted by molar-refractivity contribution is 0.0699. The quantitative estimate of drug-likeness (QED) is 0.562. The normalized spacial score (nSPS) is 10.7. The third-order valence-corrected chi connectivity index (χ3v) is 5.06. The molecule has 0 spiro atoms. The smallest absolute Gasteiger partial charge is 0.339 e. The molecule has 0 aliphatic heterocycles. The van der Waals surface area contributed by atoms with Gasteiger partial charge >= 0.3 is 5.97 Å². The Bertz CT molecular complexity index is 1110. The minimum Gasteiger partial charge on any atom is -0.493 e. The number of hydrogen-bond acceptors (Lipinski definition) is 4. The molecule has 150 valence electrons. The highest BCUT2D eigenvalue weighted by Gasteiger charge is 2.27. The van der Waals surface area contributed by atoms with Crippen LogP contribution in [0.4, 0.5) is 18.2 Å². The molecule has 1 amide bonds. The lowest BCUT2D eigenvalue weighted by Gasteiger charge is -2.10. The largest absolute Gasteiger partial charge is 0.493 e. The van der Waals surface area contributed by atoms with Crippen LogP contribution < -0.4 is 10.1 Å². The van der Waals surface area contributed by atoms with Crippen molar-refractivity contribution in [1.82, 2.24) is 0 Å². The third kappa shape index (κ3) is 3.81. The number of aromatic carboxylic acids is 1. The van der Waals surface area contributed by atoms with E-state index in [0.29, 0.717) is 17.2 Å². The fourth-order valence-electron chi connectivity index (χ4n) is 2.70. The molecule has 0 fully saturated rings. The van der Waals surface area contributed by atoms with E-state index in [2.05, 4.69) is 10.1 Å². The second kappa shape index (κ2) is 7.96. The van der Waals surface area contributed by atoms with Crippen LogP contribution in [0, 0.1) is 24.4 Å². The number of anilines is 1.